The number of benzene rings is 2. The summed E-state index contributed by atoms with van der Waals surface area (Å²) in [5.74, 6) is -1.05. The predicted molar refractivity (Wildman–Crippen MR) is 94.3 cm³/mol. The summed E-state index contributed by atoms with van der Waals surface area (Å²) in [4.78, 5) is 28.3. The van der Waals surface area contributed by atoms with Crippen molar-refractivity contribution in [2.75, 3.05) is 26.2 Å². The minimum Gasteiger partial charge on any atom is -0.337 e. The van der Waals surface area contributed by atoms with E-state index in [1.54, 1.807) is 4.90 Å². The number of halogens is 4. The first-order valence-electron chi connectivity index (χ1n) is 8.77. The number of carbonyl (C=O) groups excluding carboxylic acids is 2. The van der Waals surface area contributed by atoms with Gasteiger partial charge in [-0.2, -0.15) is 13.2 Å². The molecule has 0 N–H and O–H groups in total. The van der Waals surface area contributed by atoms with Crippen LogP contribution >= 0.6 is 0 Å². The molecule has 2 aromatic carbocycles. The Labute approximate surface area is 159 Å². The van der Waals surface area contributed by atoms with Crippen molar-refractivity contribution in [2.24, 2.45) is 0 Å². The lowest BCUT2D eigenvalue weighted by molar-refractivity contribution is -0.137. The molecule has 0 aromatic heterocycles. The number of amides is 2. The Morgan fingerprint density at radius 2 is 1.14 bits per heavy atom. The molecule has 28 heavy (non-hydrogen) atoms. The highest BCUT2D eigenvalue weighted by atomic mass is 19.4. The number of nitrogens with zero attached hydrogens (tertiary/aromatic N) is 2. The molecule has 148 valence electrons. The molecule has 2 aromatic rings. The summed E-state index contributed by atoms with van der Waals surface area (Å²) in [5.41, 5.74) is -0.272. The molecule has 3 rings (SSSR count). The van der Waals surface area contributed by atoms with E-state index in [1.807, 2.05) is 0 Å². The van der Waals surface area contributed by atoms with E-state index in [4.69, 9.17) is 0 Å². The summed E-state index contributed by atoms with van der Waals surface area (Å²) in [7, 11) is 0. The van der Waals surface area contributed by atoms with Crippen LogP contribution in [0.1, 0.15) is 32.7 Å². The summed E-state index contributed by atoms with van der Waals surface area (Å²) in [6.45, 7) is 1.40. The molecular formula is C20H18F4N2O2. The molecule has 0 unspecified atom stereocenters. The van der Waals surface area contributed by atoms with E-state index in [0.29, 0.717) is 31.6 Å². The molecule has 1 heterocycles. The maximum absolute atomic E-state index is 13.0. The van der Waals surface area contributed by atoms with Gasteiger partial charge in [0.15, 0.2) is 0 Å². The minimum absolute atomic E-state index is 0.173. The van der Waals surface area contributed by atoms with Crippen molar-refractivity contribution in [1.29, 1.82) is 0 Å². The van der Waals surface area contributed by atoms with Crippen molar-refractivity contribution >= 4 is 11.8 Å². The predicted octanol–water partition coefficient (Wildman–Crippen LogP) is 3.83. The lowest BCUT2D eigenvalue weighted by Crippen LogP contribution is -2.37. The fourth-order valence-electron chi connectivity index (χ4n) is 3.08. The van der Waals surface area contributed by atoms with Crippen LogP contribution in [0, 0.1) is 5.82 Å². The van der Waals surface area contributed by atoms with Crippen molar-refractivity contribution in [1.82, 2.24) is 9.80 Å². The lowest BCUT2D eigenvalue weighted by atomic mass is 10.1. The van der Waals surface area contributed by atoms with Crippen molar-refractivity contribution in [3.63, 3.8) is 0 Å². The first kappa shape index (κ1) is 19.9. The maximum Gasteiger partial charge on any atom is 0.416 e. The third kappa shape index (κ3) is 4.49. The average molecular weight is 394 g/mol. The van der Waals surface area contributed by atoms with Gasteiger partial charge in [-0.3, -0.25) is 9.59 Å². The summed E-state index contributed by atoms with van der Waals surface area (Å²) in [6, 6.07) is 9.35. The lowest BCUT2D eigenvalue weighted by Gasteiger charge is -2.22. The summed E-state index contributed by atoms with van der Waals surface area (Å²) in [5, 5.41) is 0. The Morgan fingerprint density at radius 3 is 1.57 bits per heavy atom. The number of carbonyl (C=O) groups is 2. The summed E-state index contributed by atoms with van der Waals surface area (Å²) >= 11 is 0. The van der Waals surface area contributed by atoms with Crippen molar-refractivity contribution in [3.05, 3.63) is 71.0 Å². The van der Waals surface area contributed by atoms with Crippen LogP contribution in [0.3, 0.4) is 0 Å². The van der Waals surface area contributed by atoms with Crippen LogP contribution in [-0.2, 0) is 6.18 Å². The van der Waals surface area contributed by atoms with E-state index in [2.05, 4.69) is 0 Å². The third-order valence-electron chi connectivity index (χ3n) is 4.62. The molecule has 1 aliphatic heterocycles. The largest absolute Gasteiger partial charge is 0.416 e. The molecule has 0 saturated carbocycles. The second-order valence-corrected chi connectivity index (χ2v) is 6.52. The SMILES string of the molecule is O=C(c1ccc(F)cc1)N1CCCN(C(=O)c2ccc(C(F)(F)F)cc2)CC1. The van der Waals surface area contributed by atoms with Crippen LogP contribution in [0.5, 0.6) is 0 Å². The molecule has 0 bridgehead atoms. The molecule has 0 radical (unpaired) electrons. The van der Waals surface area contributed by atoms with Crippen LogP contribution in [0.15, 0.2) is 48.5 Å². The fourth-order valence-corrected chi connectivity index (χ4v) is 3.08. The highest BCUT2D eigenvalue weighted by Gasteiger charge is 2.30. The maximum atomic E-state index is 13.0. The van der Waals surface area contributed by atoms with E-state index in [9.17, 15) is 27.2 Å². The monoisotopic (exact) mass is 394 g/mol. The molecule has 0 aliphatic carbocycles. The number of alkyl halides is 3. The zero-order valence-electron chi connectivity index (χ0n) is 14.9. The smallest absolute Gasteiger partial charge is 0.337 e. The second kappa shape index (κ2) is 8.00. The van der Waals surface area contributed by atoms with Gasteiger partial charge in [0.2, 0.25) is 0 Å². The van der Waals surface area contributed by atoms with Crippen molar-refractivity contribution in [3.8, 4) is 0 Å². The van der Waals surface area contributed by atoms with Crippen LogP contribution in [0.25, 0.3) is 0 Å². The number of hydrogen-bond acceptors (Lipinski definition) is 2. The molecule has 2 amide bonds. The van der Waals surface area contributed by atoms with Crippen LogP contribution in [-0.4, -0.2) is 47.8 Å². The van der Waals surface area contributed by atoms with E-state index >= 15 is 0 Å². The molecule has 1 saturated heterocycles. The Balaban J connectivity index is 1.65. The summed E-state index contributed by atoms with van der Waals surface area (Å²) in [6.07, 6.45) is -3.91. The van der Waals surface area contributed by atoms with Crippen LogP contribution < -0.4 is 0 Å². The van der Waals surface area contributed by atoms with Crippen molar-refractivity contribution < 1.29 is 27.2 Å². The second-order valence-electron chi connectivity index (χ2n) is 6.52. The summed E-state index contributed by atoms with van der Waals surface area (Å²) < 4.78 is 51.0. The highest BCUT2D eigenvalue weighted by Crippen LogP contribution is 2.29. The zero-order chi connectivity index (χ0) is 20.3. The topological polar surface area (TPSA) is 40.6 Å². The van der Waals surface area contributed by atoms with Gasteiger partial charge in [0.1, 0.15) is 5.82 Å². The normalized spacial score (nSPS) is 15.3. The first-order chi connectivity index (χ1) is 13.3. The van der Waals surface area contributed by atoms with E-state index in [-0.39, 0.29) is 23.9 Å². The zero-order valence-corrected chi connectivity index (χ0v) is 14.9. The Kier molecular flexibility index (Phi) is 5.67. The number of hydrogen-bond donors (Lipinski definition) is 0. The third-order valence-corrected chi connectivity index (χ3v) is 4.62. The van der Waals surface area contributed by atoms with Gasteiger partial charge in [-0.05, 0) is 55.0 Å². The standard InChI is InChI=1S/C20H18F4N2O2/c21-17-8-4-15(5-9-17)19(28)26-11-1-10-25(12-13-26)18(27)14-2-6-16(7-3-14)20(22,23)24/h2-9H,1,10-13H2. The quantitative estimate of drug-likeness (QED) is 0.727. The van der Waals surface area contributed by atoms with Gasteiger partial charge in [0, 0.05) is 37.3 Å². The van der Waals surface area contributed by atoms with E-state index in [1.165, 1.54) is 29.2 Å². The van der Waals surface area contributed by atoms with Crippen molar-refractivity contribution in [2.45, 2.75) is 12.6 Å². The Morgan fingerprint density at radius 1 is 0.714 bits per heavy atom. The van der Waals surface area contributed by atoms with Gasteiger partial charge in [0.05, 0.1) is 5.56 Å². The molecule has 0 atom stereocenters. The van der Waals surface area contributed by atoms with E-state index < -0.39 is 17.6 Å². The molecule has 1 aliphatic rings. The molecule has 1 fully saturated rings. The first-order valence-corrected chi connectivity index (χ1v) is 8.77. The van der Waals surface area contributed by atoms with Gasteiger partial charge in [-0.15, -0.1) is 0 Å². The Bertz CT molecular complexity index is 848. The van der Waals surface area contributed by atoms with E-state index in [0.717, 1.165) is 24.3 Å². The molecular weight excluding hydrogens is 376 g/mol. The fraction of sp³-hybridized carbons (Fsp3) is 0.300. The number of rotatable bonds is 2. The van der Waals surface area contributed by atoms with Crippen LogP contribution in [0.4, 0.5) is 17.6 Å². The highest BCUT2D eigenvalue weighted by molar-refractivity contribution is 5.95. The molecule has 0 spiro atoms. The molecule has 4 nitrogen and oxygen atoms in total. The van der Waals surface area contributed by atoms with Gasteiger partial charge < -0.3 is 9.80 Å². The van der Waals surface area contributed by atoms with Gasteiger partial charge in [-0.1, -0.05) is 0 Å². The van der Waals surface area contributed by atoms with Gasteiger partial charge >= 0.3 is 6.18 Å². The molecule has 8 heteroatoms. The van der Waals surface area contributed by atoms with Gasteiger partial charge in [-0.25, -0.2) is 4.39 Å². The Hall–Kier alpha value is -2.90. The van der Waals surface area contributed by atoms with Gasteiger partial charge in [0.25, 0.3) is 11.8 Å². The average Bonchev–Trinajstić information content (AvgIpc) is 2.93. The van der Waals surface area contributed by atoms with Crippen LogP contribution in [0.2, 0.25) is 0 Å². The minimum atomic E-state index is -4.45.